The SMILES string of the molecule is C[C@@H](NC(=O)[C@H]1COc2ccccc2O1)c1ccco1. The fourth-order valence-corrected chi connectivity index (χ4v) is 2.06. The zero-order valence-electron chi connectivity index (χ0n) is 11.0. The third-order valence-electron chi connectivity index (χ3n) is 3.13. The van der Waals surface area contributed by atoms with Crippen LogP contribution in [0.2, 0.25) is 0 Å². The van der Waals surface area contributed by atoms with Crippen LogP contribution in [0.1, 0.15) is 18.7 Å². The number of hydrogen-bond donors (Lipinski definition) is 1. The Morgan fingerprint density at radius 2 is 2.05 bits per heavy atom. The summed E-state index contributed by atoms with van der Waals surface area (Å²) in [5, 5.41) is 2.85. The number of rotatable bonds is 3. The number of hydrogen-bond acceptors (Lipinski definition) is 4. The molecule has 1 N–H and O–H groups in total. The van der Waals surface area contributed by atoms with Crippen molar-refractivity contribution in [2.75, 3.05) is 6.61 Å². The molecule has 1 amide bonds. The van der Waals surface area contributed by atoms with Crippen molar-refractivity contribution in [1.82, 2.24) is 5.32 Å². The van der Waals surface area contributed by atoms with Crippen molar-refractivity contribution in [2.24, 2.45) is 0 Å². The first-order chi connectivity index (χ1) is 9.74. The minimum Gasteiger partial charge on any atom is -0.485 e. The molecule has 0 saturated heterocycles. The number of fused-ring (bicyclic) bond motifs is 1. The molecule has 0 fully saturated rings. The number of carbonyl (C=O) groups is 1. The Balaban J connectivity index is 1.64. The van der Waals surface area contributed by atoms with E-state index in [1.807, 2.05) is 31.2 Å². The highest BCUT2D eigenvalue weighted by atomic mass is 16.6. The first-order valence-corrected chi connectivity index (χ1v) is 6.46. The summed E-state index contributed by atoms with van der Waals surface area (Å²) in [7, 11) is 0. The predicted octanol–water partition coefficient (Wildman–Crippen LogP) is 2.30. The molecule has 3 rings (SSSR count). The van der Waals surface area contributed by atoms with E-state index in [-0.39, 0.29) is 18.6 Å². The summed E-state index contributed by atoms with van der Waals surface area (Å²) >= 11 is 0. The molecule has 0 spiro atoms. The summed E-state index contributed by atoms with van der Waals surface area (Å²) in [5.41, 5.74) is 0. The van der Waals surface area contributed by atoms with Crippen molar-refractivity contribution < 1.29 is 18.7 Å². The fraction of sp³-hybridized carbons (Fsp3) is 0.267. The first kappa shape index (κ1) is 12.6. The molecule has 0 unspecified atom stereocenters. The summed E-state index contributed by atoms with van der Waals surface area (Å²) in [5.74, 6) is 1.74. The van der Waals surface area contributed by atoms with Gasteiger partial charge >= 0.3 is 0 Å². The zero-order valence-corrected chi connectivity index (χ0v) is 11.0. The maximum Gasteiger partial charge on any atom is 0.265 e. The van der Waals surface area contributed by atoms with E-state index in [4.69, 9.17) is 13.9 Å². The molecule has 2 heterocycles. The van der Waals surface area contributed by atoms with E-state index in [9.17, 15) is 4.79 Å². The van der Waals surface area contributed by atoms with Gasteiger partial charge in [0.1, 0.15) is 12.4 Å². The molecule has 1 aliphatic rings. The second kappa shape index (κ2) is 5.28. The average molecular weight is 273 g/mol. The lowest BCUT2D eigenvalue weighted by Crippen LogP contribution is -2.44. The molecule has 104 valence electrons. The highest BCUT2D eigenvalue weighted by Gasteiger charge is 2.28. The van der Waals surface area contributed by atoms with Gasteiger partial charge in [-0.15, -0.1) is 0 Å². The number of amides is 1. The van der Waals surface area contributed by atoms with E-state index in [2.05, 4.69) is 5.32 Å². The molecule has 20 heavy (non-hydrogen) atoms. The Morgan fingerprint density at radius 3 is 2.80 bits per heavy atom. The molecule has 1 aromatic heterocycles. The van der Waals surface area contributed by atoms with Crippen molar-refractivity contribution >= 4 is 5.91 Å². The Labute approximate surface area is 116 Å². The first-order valence-electron chi connectivity index (χ1n) is 6.46. The molecule has 0 saturated carbocycles. The normalized spacial score (nSPS) is 18.4. The molecular formula is C15H15NO4. The molecular weight excluding hydrogens is 258 g/mol. The van der Waals surface area contributed by atoms with Crippen LogP contribution in [0.4, 0.5) is 0 Å². The minimum atomic E-state index is -0.651. The Hall–Kier alpha value is -2.43. The molecule has 5 nitrogen and oxygen atoms in total. The van der Waals surface area contributed by atoms with Crippen molar-refractivity contribution in [2.45, 2.75) is 19.1 Å². The third kappa shape index (κ3) is 2.47. The summed E-state index contributed by atoms with van der Waals surface area (Å²) < 4.78 is 16.4. The maximum absolute atomic E-state index is 12.2. The Kier molecular flexibility index (Phi) is 3.33. The molecule has 2 aromatic rings. The second-order valence-corrected chi connectivity index (χ2v) is 4.61. The van der Waals surface area contributed by atoms with Crippen LogP contribution in [0.3, 0.4) is 0 Å². The zero-order chi connectivity index (χ0) is 13.9. The van der Waals surface area contributed by atoms with Gasteiger partial charge < -0.3 is 19.2 Å². The summed E-state index contributed by atoms with van der Waals surface area (Å²) in [6.07, 6.45) is 0.927. The van der Waals surface area contributed by atoms with E-state index in [0.717, 1.165) is 0 Å². The third-order valence-corrected chi connectivity index (χ3v) is 3.13. The lowest BCUT2D eigenvalue weighted by molar-refractivity contribution is -0.131. The Morgan fingerprint density at radius 1 is 1.25 bits per heavy atom. The number of nitrogens with one attached hydrogen (secondary N) is 1. The number of para-hydroxylation sites is 2. The van der Waals surface area contributed by atoms with Gasteiger partial charge in [-0.3, -0.25) is 4.79 Å². The van der Waals surface area contributed by atoms with Crippen molar-refractivity contribution in [1.29, 1.82) is 0 Å². The molecule has 1 aliphatic heterocycles. The quantitative estimate of drug-likeness (QED) is 0.932. The lowest BCUT2D eigenvalue weighted by atomic mass is 10.2. The molecule has 1 aromatic carbocycles. The highest BCUT2D eigenvalue weighted by Crippen LogP contribution is 2.31. The average Bonchev–Trinajstić information content (AvgIpc) is 3.01. The molecule has 0 bridgehead atoms. The van der Waals surface area contributed by atoms with Crippen LogP contribution in [0.25, 0.3) is 0 Å². The number of benzene rings is 1. The number of ether oxygens (including phenoxy) is 2. The Bertz CT molecular complexity index is 594. The van der Waals surface area contributed by atoms with Crippen LogP contribution in [0.15, 0.2) is 47.1 Å². The van der Waals surface area contributed by atoms with Crippen LogP contribution >= 0.6 is 0 Å². The van der Waals surface area contributed by atoms with Crippen LogP contribution in [-0.2, 0) is 4.79 Å². The van der Waals surface area contributed by atoms with Gasteiger partial charge in [-0.05, 0) is 31.2 Å². The van der Waals surface area contributed by atoms with Crippen LogP contribution in [0, 0.1) is 0 Å². The van der Waals surface area contributed by atoms with E-state index in [1.165, 1.54) is 0 Å². The number of furan rings is 1. The molecule has 0 radical (unpaired) electrons. The van der Waals surface area contributed by atoms with E-state index < -0.39 is 6.10 Å². The van der Waals surface area contributed by atoms with Crippen LogP contribution in [-0.4, -0.2) is 18.6 Å². The van der Waals surface area contributed by atoms with Crippen molar-refractivity contribution in [3.63, 3.8) is 0 Å². The van der Waals surface area contributed by atoms with Gasteiger partial charge in [0.25, 0.3) is 5.91 Å². The van der Waals surface area contributed by atoms with Crippen molar-refractivity contribution in [3.8, 4) is 11.5 Å². The summed E-state index contributed by atoms with van der Waals surface area (Å²) in [6.45, 7) is 2.06. The lowest BCUT2D eigenvalue weighted by Gasteiger charge is -2.26. The monoisotopic (exact) mass is 273 g/mol. The van der Waals surface area contributed by atoms with Crippen LogP contribution < -0.4 is 14.8 Å². The van der Waals surface area contributed by atoms with Gasteiger partial charge in [-0.2, -0.15) is 0 Å². The largest absolute Gasteiger partial charge is 0.485 e. The second-order valence-electron chi connectivity index (χ2n) is 4.61. The van der Waals surface area contributed by atoms with Gasteiger partial charge in [0.05, 0.1) is 12.3 Å². The highest BCUT2D eigenvalue weighted by molar-refractivity contribution is 5.82. The van der Waals surface area contributed by atoms with Crippen LogP contribution in [0.5, 0.6) is 11.5 Å². The van der Waals surface area contributed by atoms with Gasteiger partial charge in [-0.25, -0.2) is 0 Å². The summed E-state index contributed by atoms with van der Waals surface area (Å²) in [6, 6.07) is 10.7. The van der Waals surface area contributed by atoms with Gasteiger partial charge in [0.15, 0.2) is 11.5 Å². The van der Waals surface area contributed by atoms with Gasteiger partial charge in [0, 0.05) is 0 Å². The smallest absolute Gasteiger partial charge is 0.265 e. The number of carbonyl (C=O) groups excluding carboxylic acids is 1. The van der Waals surface area contributed by atoms with E-state index in [0.29, 0.717) is 17.3 Å². The van der Waals surface area contributed by atoms with E-state index in [1.54, 1.807) is 18.4 Å². The molecule has 0 aliphatic carbocycles. The van der Waals surface area contributed by atoms with Gasteiger partial charge in [-0.1, -0.05) is 12.1 Å². The topological polar surface area (TPSA) is 60.7 Å². The van der Waals surface area contributed by atoms with E-state index >= 15 is 0 Å². The summed E-state index contributed by atoms with van der Waals surface area (Å²) in [4.78, 5) is 12.2. The molecule has 2 atom stereocenters. The maximum atomic E-state index is 12.2. The van der Waals surface area contributed by atoms with Gasteiger partial charge in [0.2, 0.25) is 6.10 Å². The fourth-order valence-electron chi connectivity index (χ4n) is 2.06. The standard InChI is InChI=1S/C15H15NO4/c1-10(11-7-4-8-18-11)16-15(17)14-9-19-12-5-2-3-6-13(12)20-14/h2-8,10,14H,9H2,1H3,(H,16,17)/t10-,14-/m1/s1. The predicted molar refractivity (Wildman–Crippen MR) is 71.6 cm³/mol. The molecule has 5 heteroatoms. The van der Waals surface area contributed by atoms with Crippen molar-refractivity contribution in [3.05, 3.63) is 48.4 Å². The minimum absolute atomic E-state index is 0.202.